The first-order chi connectivity index (χ1) is 14.6. The van der Waals surface area contributed by atoms with Crippen LogP contribution < -0.4 is 10.6 Å². The number of allylic oxidation sites excluding steroid dienone is 1. The molecule has 8 nitrogen and oxygen atoms in total. The fraction of sp³-hybridized carbons (Fsp3) is 0.238. The van der Waals surface area contributed by atoms with Crippen LogP contribution in [0.25, 0.3) is 0 Å². The summed E-state index contributed by atoms with van der Waals surface area (Å²) in [7, 11) is 0. The molecule has 0 aliphatic heterocycles. The van der Waals surface area contributed by atoms with E-state index in [-0.39, 0.29) is 29.9 Å². The molecular formula is C21H23N5O3S. The number of nitrogens with zero attached hydrogens (tertiary/aromatic N) is 3. The molecule has 30 heavy (non-hydrogen) atoms. The SMILES string of the molecule is C=CCn1c(CNC(=O)c2ccco2)nnc1SCC(=O)Nc1ccccc1CC. The highest BCUT2D eigenvalue weighted by atomic mass is 32.2. The lowest BCUT2D eigenvalue weighted by atomic mass is 10.1. The third kappa shape index (κ3) is 5.38. The monoisotopic (exact) mass is 425 g/mol. The second-order valence-electron chi connectivity index (χ2n) is 6.31. The largest absolute Gasteiger partial charge is 0.459 e. The highest BCUT2D eigenvalue weighted by Gasteiger charge is 2.16. The molecule has 0 radical (unpaired) electrons. The van der Waals surface area contributed by atoms with Crippen molar-refractivity contribution in [3.8, 4) is 0 Å². The molecule has 2 aromatic heterocycles. The molecule has 9 heteroatoms. The average molecular weight is 426 g/mol. The van der Waals surface area contributed by atoms with Gasteiger partial charge >= 0.3 is 0 Å². The smallest absolute Gasteiger partial charge is 0.287 e. The number of thioether (sulfide) groups is 1. The van der Waals surface area contributed by atoms with E-state index in [1.165, 1.54) is 18.0 Å². The molecule has 1 aromatic carbocycles. The van der Waals surface area contributed by atoms with Crippen molar-refractivity contribution < 1.29 is 14.0 Å². The Hall–Kier alpha value is -3.33. The van der Waals surface area contributed by atoms with Crippen molar-refractivity contribution in [2.45, 2.75) is 31.6 Å². The van der Waals surface area contributed by atoms with Crippen LogP contribution in [0.2, 0.25) is 0 Å². The number of anilines is 1. The Morgan fingerprint density at radius 3 is 2.80 bits per heavy atom. The Morgan fingerprint density at radius 2 is 2.07 bits per heavy atom. The second kappa shape index (κ2) is 10.4. The molecule has 0 saturated heterocycles. The van der Waals surface area contributed by atoms with Gasteiger partial charge in [-0.15, -0.1) is 16.8 Å². The van der Waals surface area contributed by atoms with Crippen LogP contribution in [-0.2, 0) is 24.3 Å². The highest BCUT2D eigenvalue weighted by Crippen LogP contribution is 2.20. The minimum atomic E-state index is -0.337. The Morgan fingerprint density at radius 1 is 1.23 bits per heavy atom. The van der Waals surface area contributed by atoms with Crippen LogP contribution in [0.4, 0.5) is 5.69 Å². The maximum atomic E-state index is 12.4. The minimum absolute atomic E-state index is 0.123. The van der Waals surface area contributed by atoms with E-state index in [1.54, 1.807) is 18.2 Å². The van der Waals surface area contributed by atoms with Crippen molar-refractivity contribution in [3.05, 3.63) is 72.5 Å². The van der Waals surface area contributed by atoms with Crippen LogP contribution in [0.1, 0.15) is 28.9 Å². The first-order valence-electron chi connectivity index (χ1n) is 9.47. The molecule has 0 aliphatic rings. The summed E-state index contributed by atoms with van der Waals surface area (Å²) in [5.74, 6) is 0.516. The normalized spacial score (nSPS) is 10.6. The molecule has 0 spiro atoms. The lowest BCUT2D eigenvalue weighted by Crippen LogP contribution is -2.24. The number of para-hydroxylation sites is 1. The number of nitrogens with one attached hydrogen (secondary N) is 2. The van der Waals surface area contributed by atoms with E-state index in [9.17, 15) is 9.59 Å². The highest BCUT2D eigenvalue weighted by molar-refractivity contribution is 7.99. The Kier molecular flexibility index (Phi) is 7.45. The number of aryl methyl sites for hydroxylation is 1. The van der Waals surface area contributed by atoms with Gasteiger partial charge in [0.2, 0.25) is 5.91 Å². The number of carbonyl (C=O) groups is 2. The first-order valence-corrected chi connectivity index (χ1v) is 10.5. The Balaban J connectivity index is 1.60. The van der Waals surface area contributed by atoms with Crippen molar-refractivity contribution in [2.75, 3.05) is 11.1 Å². The first kappa shape index (κ1) is 21.4. The predicted octanol–water partition coefficient (Wildman–Crippen LogP) is 3.28. The number of amides is 2. The molecule has 0 saturated carbocycles. The molecule has 156 valence electrons. The third-order valence-corrected chi connectivity index (χ3v) is 5.23. The number of hydrogen-bond donors (Lipinski definition) is 2. The number of rotatable bonds is 10. The van der Waals surface area contributed by atoms with E-state index in [0.717, 1.165) is 17.7 Å². The fourth-order valence-corrected chi connectivity index (χ4v) is 3.56. The summed E-state index contributed by atoms with van der Waals surface area (Å²) in [6.07, 6.45) is 3.99. The van der Waals surface area contributed by atoms with Crippen LogP contribution in [0, 0.1) is 0 Å². The summed E-state index contributed by atoms with van der Waals surface area (Å²) >= 11 is 1.28. The quantitative estimate of drug-likeness (QED) is 0.382. The summed E-state index contributed by atoms with van der Waals surface area (Å²) in [5, 5.41) is 14.6. The number of aromatic nitrogens is 3. The van der Waals surface area contributed by atoms with Gasteiger partial charge in [-0.05, 0) is 30.2 Å². The molecule has 2 N–H and O–H groups in total. The van der Waals surface area contributed by atoms with Crippen LogP contribution in [-0.4, -0.2) is 32.3 Å². The van der Waals surface area contributed by atoms with Crippen LogP contribution >= 0.6 is 11.8 Å². The second-order valence-corrected chi connectivity index (χ2v) is 7.25. The van der Waals surface area contributed by atoms with Crippen molar-refractivity contribution in [2.24, 2.45) is 0 Å². The predicted molar refractivity (Wildman–Crippen MR) is 115 cm³/mol. The number of furan rings is 1. The molecule has 0 unspecified atom stereocenters. The average Bonchev–Trinajstić information content (AvgIpc) is 3.42. The summed E-state index contributed by atoms with van der Waals surface area (Å²) in [4.78, 5) is 24.5. The molecular weight excluding hydrogens is 402 g/mol. The summed E-state index contributed by atoms with van der Waals surface area (Å²) in [6.45, 7) is 6.44. The van der Waals surface area contributed by atoms with Crippen LogP contribution in [0.3, 0.4) is 0 Å². The van der Waals surface area contributed by atoms with Gasteiger partial charge in [-0.25, -0.2) is 0 Å². The van der Waals surface area contributed by atoms with Crippen molar-refractivity contribution in [1.29, 1.82) is 0 Å². The summed E-state index contributed by atoms with van der Waals surface area (Å²) in [5.41, 5.74) is 1.90. The number of benzene rings is 1. The number of hydrogen-bond acceptors (Lipinski definition) is 6. The molecule has 2 heterocycles. The lowest BCUT2D eigenvalue weighted by Gasteiger charge is -2.10. The van der Waals surface area contributed by atoms with Crippen molar-refractivity contribution in [1.82, 2.24) is 20.1 Å². The van der Waals surface area contributed by atoms with Gasteiger partial charge < -0.3 is 19.6 Å². The van der Waals surface area contributed by atoms with Gasteiger partial charge in [0.05, 0.1) is 18.6 Å². The standard InChI is InChI=1S/C21H23N5O3S/c1-3-11-26-18(13-22-20(28)17-10-7-12-29-17)24-25-21(26)30-14-19(27)23-16-9-6-5-8-15(16)4-2/h3,5-10,12H,1,4,11,13-14H2,2H3,(H,22,28)(H,23,27). The maximum Gasteiger partial charge on any atom is 0.287 e. The van der Waals surface area contributed by atoms with Gasteiger partial charge in [0.1, 0.15) is 0 Å². The van der Waals surface area contributed by atoms with E-state index in [4.69, 9.17) is 4.42 Å². The molecule has 0 atom stereocenters. The topological polar surface area (TPSA) is 102 Å². The maximum absolute atomic E-state index is 12.4. The van der Waals surface area contributed by atoms with E-state index >= 15 is 0 Å². The van der Waals surface area contributed by atoms with Gasteiger partial charge in [-0.1, -0.05) is 43.0 Å². The molecule has 0 aliphatic carbocycles. The van der Waals surface area contributed by atoms with Gasteiger partial charge in [-0.3, -0.25) is 9.59 Å². The van der Waals surface area contributed by atoms with Gasteiger partial charge in [0.15, 0.2) is 16.7 Å². The zero-order chi connectivity index (χ0) is 21.3. The van der Waals surface area contributed by atoms with Crippen molar-refractivity contribution in [3.63, 3.8) is 0 Å². The van der Waals surface area contributed by atoms with Crippen LogP contribution in [0.5, 0.6) is 0 Å². The van der Waals surface area contributed by atoms with E-state index in [0.29, 0.717) is 17.5 Å². The van der Waals surface area contributed by atoms with E-state index < -0.39 is 0 Å². The minimum Gasteiger partial charge on any atom is -0.459 e. The molecule has 2 amide bonds. The molecule has 3 aromatic rings. The summed E-state index contributed by atoms with van der Waals surface area (Å²) < 4.78 is 6.89. The molecule has 0 bridgehead atoms. The van der Waals surface area contributed by atoms with Crippen molar-refractivity contribution >= 4 is 29.3 Å². The molecule has 3 rings (SSSR count). The zero-order valence-electron chi connectivity index (χ0n) is 16.6. The fourth-order valence-electron chi connectivity index (χ4n) is 2.79. The number of carbonyl (C=O) groups excluding carboxylic acids is 2. The van der Waals surface area contributed by atoms with Gasteiger partial charge in [-0.2, -0.15) is 0 Å². The van der Waals surface area contributed by atoms with E-state index in [2.05, 4.69) is 27.4 Å². The Bertz CT molecular complexity index is 1010. The lowest BCUT2D eigenvalue weighted by molar-refractivity contribution is -0.113. The summed E-state index contributed by atoms with van der Waals surface area (Å²) in [6, 6.07) is 11.0. The van der Waals surface area contributed by atoms with E-state index in [1.807, 2.05) is 35.8 Å². The zero-order valence-corrected chi connectivity index (χ0v) is 17.4. The Labute approximate surface area is 178 Å². The van der Waals surface area contributed by atoms with Gasteiger partial charge in [0.25, 0.3) is 5.91 Å². The third-order valence-electron chi connectivity index (χ3n) is 4.26. The molecule has 0 fully saturated rings. The van der Waals surface area contributed by atoms with Crippen LogP contribution in [0.15, 0.2) is 64.9 Å². The van der Waals surface area contributed by atoms with Gasteiger partial charge in [0, 0.05) is 12.2 Å².